The van der Waals surface area contributed by atoms with Crippen LogP contribution in [0.2, 0.25) is 0 Å². The second-order valence-electron chi connectivity index (χ2n) is 6.86. The summed E-state index contributed by atoms with van der Waals surface area (Å²) in [4.78, 5) is 10.4. The van der Waals surface area contributed by atoms with Crippen LogP contribution in [0, 0.1) is 10.1 Å². The number of benzene rings is 1. The predicted molar refractivity (Wildman–Crippen MR) is 87.6 cm³/mol. The highest BCUT2D eigenvalue weighted by Gasteiger charge is 2.59. The molecule has 2 saturated heterocycles. The van der Waals surface area contributed by atoms with Crippen molar-refractivity contribution < 1.29 is 34.1 Å². The van der Waals surface area contributed by atoms with Crippen molar-refractivity contribution in [3.63, 3.8) is 0 Å². The summed E-state index contributed by atoms with van der Waals surface area (Å²) in [6, 6.07) is 7.78. The Balaban J connectivity index is 1.77. The van der Waals surface area contributed by atoms with E-state index in [1.807, 2.05) is 30.3 Å². The minimum Gasteiger partial charge on any atom is -0.389 e. The van der Waals surface area contributed by atoms with E-state index in [0.29, 0.717) is 0 Å². The van der Waals surface area contributed by atoms with E-state index in [4.69, 9.17) is 18.9 Å². The van der Waals surface area contributed by atoms with Crippen molar-refractivity contribution in [2.24, 2.45) is 0 Å². The molecule has 2 fully saturated rings. The Hall–Kier alpha value is -1.62. The Bertz CT molecular complexity index is 624. The van der Waals surface area contributed by atoms with Crippen molar-refractivity contribution in [2.75, 3.05) is 6.61 Å². The van der Waals surface area contributed by atoms with Gasteiger partial charge >= 0.3 is 0 Å². The number of hydrogen-bond acceptors (Lipinski definition) is 8. The smallest absolute Gasteiger partial charge is 0.263 e. The Kier molecular flexibility index (Phi) is 5.56. The highest BCUT2D eigenvalue weighted by atomic mass is 16.8. The number of ether oxygens (including phenoxy) is 4. The molecular formula is C17H23NO8. The second kappa shape index (κ2) is 7.55. The first-order valence-electron chi connectivity index (χ1n) is 8.41. The van der Waals surface area contributed by atoms with E-state index >= 15 is 0 Å². The average Bonchev–Trinajstić information content (AvgIpc) is 3.06. The molecule has 0 saturated carbocycles. The average molecular weight is 369 g/mol. The maximum atomic E-state index is 11.1. The fraction of sp³-hybridized carbons (Fsp3) is 0.647. The molecule has 9 nitrogen and oxygen atoms in total. The molecule has 2 heterocycles. The summed E-state index contributed by atoms with van der Waals surface area (Å²) in [7, 11) is 0. The summed E-state index contributed by atoms with van der Waals surface area (Å²) >= 11 is 0. The van der Waals surface area contributed by atoms with Crippen LogP contribution in [0.1, 0.15) is 19.4 Å². The molecule has 0 spiro atoms. The minimum absolute atomic E-state index is 0.216. The van der Waals surface area contributed by atoms with Gasteiger partial charge in [-0.05, 0) is 19.4 Å². The van der Waals surface area contributed by atoms with Gasteiger partial charge in [-0.2, -0.15) is 0 Å². The van der Waals surface area contributed by atoms with Crippen LogP contribution in [0.15, 0.2) is 30.3 Å². The molecule has 2 aliphatic rings. The number of rotatable bonds is 7. The van der Waals surface area contributed by atoms with Crippen LogP contribution in [-0.2, 0) is 25.6 Å². The number of aliphatic hydroxyl groups excluding tert-OH is 2. The minimum atomic E-state index is -1.59. The first-order valence-corrected chi connectivity index (χ1v) is 8.41. The summed E-state index contributed by atoms with van der Waals surface area (Å²) in [5, 5.41) is 30.8. The van der Waals surface area contributed by atoms with E-state index in [1.54, 1.807) is 13.8 Å². The van der Waals surface area contributed by atoms with Crippen molar-refractivity contribution in [3.8, 4) is 0 Å². The highest BCUT2D eigenvalue weighted by molar-refractivity contribution is 5.13. The van der Waals surface area contributed by atoms with Crippen LogP contribution >= 0.6 is 0 Å². The summed E-state index contributed by atoms with van der Waals surface area (Å²) in [6.07, 6.45) is -4.87. The van der Waals surface area contributed by atoms with Crippen molar-refractivity contribution in [1.29, 1.82) is 0 Å². The molecular weight excluding hydrogens is 346 g/mol. The highest BCUT2D eigenvalue weighted by Crippen LogP contribution is 2.40. The number of nitro groups is 1. The normalized spacial score (nSPS) is 32.2. The lowest BCUT2D eigenvalue weighted by Crippen LogP contribution is -2.50. The quantitative estimate of drug-likeness (QED) is 0.525. The molecule has 0 radical (unpaired) electrons. The lowest BCUT2D eigenvalue weighted by Gasteiger charge is -2.29. The van der Waals surface area contributed by atoms with Crippen molar-refractivity contribution in [1.82, 2.24) is 0 Å². The van der Waals surface area contributed by atoms with Gasteiger partial charge in [0.25, 0.3) is 6.04 Å². The maximum absolute atomic E-state index is 11.1. The molecule has 6 atom stereocenters. The van der Waals surface area contributed by atoms with Gasteiger partial charge in [0.2, 0.25) is 0 Å². The summed E-state index contributed by atoms with van der Waals surface area (Å²) < 4.78 is 23.0. The molecule has 0 aliphatic carbocycles. The standard InChI is InChI=1S/C17H23NO8/c1-17(2)25-15-14(23-9-10-6-4-3-5-7-10)13(24-16(15)26-17)12(20)11(8-19)18(21)22/h3-7,11-16,19-20H,8-9H2,1-2H3/t11-,12+,13+,14-,15+,16+/m0/s1. The molecule has 26 heavy (non-hydrogen) atoms. The zero-order valence-electron chi connectivity index (χ0n) is 14.6. The van der Waals surface area contributed by atoms with E-state index in [1.165, 1.54) is 0 Å². The first kappa shape index (κ1) is 19.2. The third kappa shape index (κ3) is 3.88. The fourth-order valence-electron chi connectivity index (χ4n) is 3.25. The van der Waals surface area contributed by atoms with Crippen LogP contribution in [0.5, 0.6) is 0 Å². The SMILES string of the molecule is CC1(C)O[C@H]2O[C@H]([C@H](O)[C@H](CO)[N+](=O)[O-])[C@H](OCc3ccccc3)[C@H]2O1. The lowest BCUT2D eigenvalue weighted by atomic mass is 10.00. The lowest BCUT2D eigenvalue weighted by molar-refractivity contribution is -0.541. The monoisotopic (exact) mass is 369 g/mol. The van der Waals surface area contributed by atoms with Crippen LogP contribution in [0.3, 0.4) is 0 Å². The third-order valence-electron chi connectivity index (χ3n) is 4.50. The molecule has 3 rings (SSSR count). The van der Waals surface area contributed by atoms with Gasteiger partial charge in [-0.1, -0.05) is 30.3 Å². The number of nitrogens with zero attached hydrogens (tertiary/aromatic N) is 1. The van der Waals surface area contributed by atoms with Crippen LogP contribution in [0.25, 0.3) is 0 Å². The van der Waals surface area contributed by atoms with Gasteiger partial charge in [0.05, 0.1) is 6.61 Å². The number of hydrogen-bond donors (Lipinski definition) is 2. The van der Waals surface area contributed by atoms with Gasteiger partial charge in [-0.15, -0.1) is 0 Å². The van der Waals surface area contributed by atoms with E-state index in [2.05, 4.69) is 0 Å². The number of aliphatic hydroxyl groups is 2. The predicted octanol–water partition coefficient (Wildman–Crippen LogP) is 0.447. The van der Waals surface area contributed by atoms with Gasteiger partial charge in [-0.25, -0.2) is 0 Å². The molecule has 2 aliphatic heterocycles. The molecule has 1 aromatic rings. The van der Waals surface area contributed by atoms with Gasteiger partial charge < -0.3 is 29.2 Å². The van der Waals surface area contributed by atoms with Crippen molar-refractivity contribution in [3.05, 3.63) is 46.0 Å². The van der Waals surface area contributed by atoms with Gasteiger partial charge in [0.15, 0.2) is 18.2 Å². The second-order valence-corrected chi connectivity index (χ2v) is 6.86. The molecule has 0 bridgehead atoms. The van der Waals surface area contributed by atoms with Gasteiger partial charge in [0.1, 0.15) is 24.9 Å². The fourth-order valence-corrected chi connectivity index (χ4v) is 3.25. The molecule has 0 aromatic heterocycles. The Morgan fingerprint density at radius 3 is 2.62 bits per heavy atom. The summed E-state index contributed by atoms with van der Waals surface area (Å²) in [5.41, 5.74) is 0.898. The first-order chi connectivity index (χ1) is 12.3. The number of fused-ring (bicyclic) bond motifs is 1. The maximum Gasteiger partial charge on any atom is 0.263 e. The molecule has 2 N–H and O–H groups in total. The van der Waals surface area contributed by atoms with Crippen molar-refractivity contribution in [2.45, 2.75) is 63.0 Å². The van der Waals surface area contributed by atoms with Crippen LogP contribution < -0.4 is 0 Å². The van der Waals surface area contributed by atoms with Crippen molar-refractivity contribution >= 4 is 0 Å². The Morgan fingerprint density at radius 1 is 1.31 bits per heavy atom. The summed E-state index contributed by atoms with van der Waals surface area (Å²) in [5.74, 6) is -0.890. The van der Waals surface area contributed by atoms with Gasteiger partial charge in [0, 0.05) is 4.92 Å². The zero-order valence-corrected chi connectivity index (χ0v) is 14.6. The molecule has 144 valence electrons. The molecule has 0 unspecified atom stereocenters. The Morgan fingerprint density at radius 2 is 2.00 bits per heavy atom. The van der Waals surface area contributed by atoms with Crippen LogP contribution in [-0.4, -0.2) is 64.3 Å². The van der Waals surface area contributed by atoms with Gasteiger partial charge in [-0.3, -0.25) is 10.1 Å². The summed E-state index contributed by atoms with van der Waals surface area (Å²) in [6.45, 7) is 2.85. The molecule has 0 amide bonds. The third-order valence-corrected chi connectivity index (χ3v) is 4.50. The van der Waals surface area contributed by atoms with E-state index < -0.39 is 54.1 Å². The van der Waals surface area contributed by atoms with Crippen LogP contribution in [0.4, 0.5) is 0 Å². The van der Waals surface area contributed by atoms with E-state index in [-0.39, 0.29) is 6.61 Å². The van der Waals surface area contributed by atoms with E-state index in [0.717, 1.165) is 5.56 Å². The molecule has 1 aromatic carbocycles. The molecule has 9 heteroatoms. The van der Waals surface area contributed by atoms with E-state index in [9.17, 15) is 20.3 Å². The largest absolute Gasteiger partial charge is 0.389 e. The Labute approximate surface area is 150 Å². The topological polar surface area (TPSA) is 121 Å². The zero-order chi connectivity index (χ0) is 18.9.